The molecule has 1 aliphatic heterocycles. The SMILES string of the molecule is COc1ccc(C2CCCN2CC(=O)Nc2oc(C)c3c(C)n[nH]c(=O)c23)cc1. The maximum atomic E-state index is 12.7. The zero-order valence-corrected chi connectivity index (χ0v) is 16.7. The Morgan fingerprint density at radius 3 is 2.79 bits per heavy atom. The number of hydrogen-bond donors (Lipinski definition) is 2. The number of H-pyrrole nitrogens is 1. The van der Waals surface area contributed by atoms with E-state index in [-0.39, 0.29) is 29.9 Å². The summed E-state index contributed by atoms with van der Waals surface area (Å²) < 4.78 is 10.9. The van der Waals surface area contributed by atoms with Crippen LogP contribution in [0.2, 0.25) is 0 Å². The van der Waals surface area contributed by atoms with Crippen molar-refractivity contribution >= 4 is 22.6 Å². The van der Waals surface area contributed by atoms with Gasteiger partial charge in [0.15, 0.2) is 0 Å². The maximum absolute atomic E-state index is 12.7. The summed E-state index contributed by atoms with van der Waals surface area (Å²) in [6.45, 7) is 4.61. The minimum atomic E-state index is -0.380. The van der Waals surface area contributed by atoms with Crippen LogP contribution in [-0.4, -0.2) is 41.2 Å². The van der Waals surface area contributed by atoms with Crippen LogP contribution in [0.1, 0.15) is 35.9 Å². The highest BCUT2D eigenvalue weighted by Crippen LogP contribution is 2.33. The van der Waals surface area contributed by atoms with Gasteiger partial charge in [-0.25, -0.2) is 5.10 Å². The first kappa shape index (κ1) is 19.2. The van der Waals surface area contributed by atoms with Crippen LogP contribution in [-0.2, 0) is 4.79 Å². The summed E-state index contributed by atoms with van der Waals surface area (Å²) in [6.07, 6.45) is 2.02. The van der Waals surface area contributed by atoms with Crippen molar-refractivity contribution in [2.45, 2.75) is 32.7 Å². The van der Waals surface area contributed by atoms with E-state index in [2.05, 4.69) is 20.4 Å². The lowest BCUT2D eigenvalue weighted by molar-refractivity contribution is -0.117. The molecule has 152 valence electrons. The molecule has 1 saturated heterocycles. The molecule has 4 rings (SSSR count). The van der Waals surface area contributed by atoms with Crippen LogP contribution in [0.5, 0.6) is 5.75 Å². The van der Waals surface area contributed by atoms with E-state index in [4.69, 9.17) is 9.15 Å². The number of aromatic nitrogens is 2. The number of nitrogens with zero attached hydrogens (tertiary/aromatic N) is 2. The number of carbonyl (C=O) groups is 1. The lowest BCUT2D eigenvalue weighted by atomic mass is 10.0. The largest absolute Gasteiger partial charge is 0.497 e. The van der Waals surface area contributed by atoms with Gasteiger partial charge in [-0.15, -0.1) is 0 Å². The zero-order valence-electron chi connectivity index (χ0n) is 16.7. The Morgan fingerprint density at radius 2 is 2.07 bits per heavy atom. The van der Waals surface area contributed by atoms with E-state index >= 15 is 0 Å². The standard InChI is InChI=1S/C21H24N4O4/c1-12-18-13(2)29-21(19(18)20(27)24-23-12)22-17(26)11-25-10-4-5-16(25)14-6-8-15(28-3)9-7-14/h6-9,16H,4-5,10-11H2,1-3H3,(H,22,26)(H,24,27). The molecular weight excluding hydrogens is 372 g/mol. The van der Waals surface area contributed by atoms with Gasteiger partial charge in [-0.3, -0.25) is 19.8 Å². The molecule has 1 amide bonds. The number of aromatic amines is 1. The van der Waals surface area contributed by atoms with E-state index in [9.17, 15) is 9.59 Å². The van der Waals surface area contributed by atoms with Gasteiger partial charge in [0.1, 0.15) is 16.9 Å². The molecular formula is C21H24N4O4. The van der Waals surface area contributed by atoms with E-state index in [1.807, 2.05) is 24.3 Å². The quantitative estimate of drug-likeness (QED) is 0.688. The number of benzene rings is 1. The predicted octanol–water partition coefficient (Wildman–Crippen LogP) is 2.92. The van der Waals surface area contributed by atoms with Crippen molar-refractivity contribution < 1.29 is 13.9 Å². The number of fused-ring (bicyclic) bond motifs is 1. The van der Waals surface area contributed by atoms with E-state index in [1.165, 1.54) is 0 Å². The van der Waals surface area contributed by atoms with E-state index in [0.29, 0.717) is 22.2 Å². The molecule has 29 heavy (non-hydrogen) atoms. The van der Waals surface area contributed by atoms with Gasteiger partial charge < -0.3 is 9.15 Å². The molecule has 0 saturated carbocycles. The molecule has 2 N–H and O–H groups in total. The molecule has 2 aromatic heterocycles. The van der Waals surface area contributed by atoms with Crippen LogP contribution in [0.3, 0.4) is 0 Å². The van der Waals surface area contributed by atoms with Gasteiger partial charge in [0.25, 0.3) is 5.56 Å². The Hall–Kier alpha value is -3.13. The Bertz CT molecular complexity index is 1100. The number of anilines is 1. The number of likely N-dealkylation sites (tertiary alicyclic amines) is 1. The number of methoxy groups -OCH3 is 1. The highest BCUT2D eigenvalue weighted by Gasteiger charge is 2.28. The highest BCUT2D eigenvalue weighted by molar-refractivity contribution is 6.01. The first-order chi connectivity index (χ1) is 14.0. The highest BCUT2D eigenvalue weighted by atomic mass is 16.5. The third kappa shape index (κ3) is 3.63. The molecule has 3 aromatic rings. The number of amides is 1. The second-order valence-electron chi connectivity index (χ2n) is 7.33. The fourth-order valence-corrected chi connectivity index (χ4v) is 4.10. The number of hydrogen-bond acceptors (Lipinski definition) is 6. The summed E-state index contributed by atoms with van der Waals surface area (Å²) in [5, 5.41) is 10.2. The van der Waals surface area contributed by atoms with Gasteiger partial charge in [0, 0.05) is 6.04 Å². The molecule has 0 radical (unpaired) electrons. The lowest BCUT2D eigenvalue weighted by Crippen LogP contribution is -2.33. The molecule has 8 nitrogen and oxygen atoms in total. The third-order valence-electron chi connectivity index (χ3n) is 5.46. The number of carbonyl (C=O) groups excluding carboxylic acids is 1. The van der Waals surface area contributed by atoms with Crippen LogP contribution in [0.4, 0.5) is 5.88 Å². The number of rotatable bonds is 5. The Morgan fingerprint density at radius 1 is 1.31 bits per heavy atom. The summed E-state index contributed by atoms with van der Waals surface area (Å²) in [7, 11) is 1.64. The Kier molecular flexibility index (Phi) is 5.10. The van der Waals surface area contributed by atoms with Crippen molar-refractivity contribution in [2.75, 3.05) is 25.5 Å². The number of aryl methyl sites for hydroxylation is 2. The number of nitrogens with one attached hydrogen (secondary N) is 2. The first-order valence-corrected chi connectivity index (χ1v) is 9.64. The monoisotopic (exact) mass is 396 g/mol. The summed E-state index contributed by atoms with van der Waals surface area (Å²) >= 11 is 0. The molecule has 3 heterocycles. The lowest BCUT2D eigenvalue weighted by Gasteiger charge is -2.24. The zero-order chi connectivity index (χ0) is 20.5. The van der Waals surface area contributed by atoms with Gasteiger partial charge in [-0.1, -0.05) is 12.1 Å². The predicted molar refractivity (Wildman–Crippen MR) is 109 cm³/mol. The maximum Gasteiger partial charge on any atom is 0.277 e. The van der Waals surface area contributed by atoms with Crippen LogP contribution < -0.4 is 15.6 Å². The molecule has 0 spiro atoms. The molecule has 0 bridgehead atoms. The second kappa shape index (κ2) is 7.71. The Balaban J connectivity index is 1.52. The minimum Gasteiger partial charge on any atom is -0.497 e. The van der Waals surface area contributed by atoms with Crippen molar-refractivity contribution in [2.24, 2.45) is 0 Å². The van der Waals surface area contributed by atoms with Crippen molar-refractivity contribution in [1.82, 2.24) is 15.1 Å². The topological polar surface area (TPSA) is 100 Å². The van der Waals surface area contributed by atoms with Crippen molar-refractivity contribution in [3.05, 3.63) is 51.6 Å². The van der Waals surface area contributed by atoms with Crippen molar-refractivity contribution in [1.29, 1.82) is 0 Å². The average molecular weight is 396 g/mol. The van der Waals surface area contributed by atoms with E-state index in [1.54, 1.807) is 21.0 Å². The fraction of sp³-hybridized carbons (Fsp3) is 0.381. The molecule has 1 atom stereocenters. The summed E-state index contributed by atoms with van der Waals surface area (Å²) in [6, 6.07) is 8.13. The first-order valence-electron chi connectivity index (χ1n) is 9.64. The summed E-state index contributed by atoms with van der Waals surface area (Å²) in [5.41, 5.74) is 1.43. The average Bonchev–Trinajstić information content (AvgIpc) is 3.29. The van der Waals surface area contributed by atoms with Crippen LogP contribution in [0.15, 0.2) is 33.5 Å². The van der Waals surface area contributed by atoms with Gasteiger partial charge in [-0.2, -0.15) is 5.10 Å². The van der Waals surface area contributed by atoms with Crippen LogP contribution in [0, 0.1) is 13.8 Å². The van der Waals surface area contributed by atoms with Gasteiger partial charge >= 0.3 is 0 Å². The smallest absolute Gasteiger partial charge is 0.277 e. The summed E-state index contributed by atoms with van der Waals surface area (Å²) in [5.74, 6) is 1.33. The van der Waals surface area contributed by atoms with Gasteiger partial charge in [0.05, 0.1) is 24.7 Å². The number of furan rings is 1. The van der Waals surface area contributed by atoms with Gasteiger partial charge in [0.2, 0.25) is 11.8 Å². The molecule has 8 heteroatoms. The van der Waals surface area contributed by atoms with Crippen LogP contribution >= 0.6 is 0 Å². The van der Waals surface area contributed by atoms with Crippen LogP contribution in [0.25, 0.3) is 10.8 Å². The van der Waals surface area contributed by atoms with E-state index in [0.717, 1.165) is 30.7 Å². The minimum absolute atomic E-state index is 0.175. The van der Waals surface area contributed by atoms with Gasteiger partial charge in [-0.05, 0) is 50.9 Å². The molecule has 1 fully saturated rings. The third-order valence-corrected chi connectivity index (χ3v) is 5.46. The fourth-order valence-electron chi connectivity index (χ4n) is 4.10. The summed E-state index contributed by atoms with van der Waals surface area (Å²) in [4.78, 5) is 27.1. The number of ether oxygens (including phenoxy) is 1. The Labute approximate surface area is 167 Å². The van der Waals surface area contributed by atoms with Crippen molar-refractivity contribution in [3.8, 4) is 5.75 Å². The molecule has 1 aliphatic rings. The molecule has 1 aromatic carbocycles. The normalized spacial score (nSPS) is 17.0. The second-order valence-corrected chi connectivity index (χ2v) is 7.33. The molecule has 1 unspecified atom stereocenters. The van der Waals surface area contributed by atoms with E-state index < -0.39 is 0 Å². The molecule has 0 aliphatic carbocycles. The van der Waals surface area contributed by atoms with Crippen molar-refractivity contribution in [3.63, 3.8) is 0 Å².